The van der Waals surface area contributed by atoms with Crippen molar-refractivity contribution in [1.29, 1.82) is 0 Å². The molecule has 1 N–H and O–H groups in total. The molecule has 0 atom stereocenters. The van der Waals surface area contributed by atoms with Crippen LogP contribution in [-0.4, -0.2) is 34.9 Å². The normalized spacial score (nSPS) is 20.1. The van der Waals surface area contributed by atoms with Gasteiger partial charge in [-0.1, -0.05) is 0 Å². The monoisotopic (exact) mass is 129 g/mol. The van der Waals surface area contributed by atoms with Crippen molar-refractivity contribution in [2.75, 3.05) is 13.1 Å². The molecule has 1 radical (unpaired) electrons. The summed E-state index contributed by atoms with van der Waals surface area (Å²) in [6.45, 7) is 1.51. The Labute approximate surface area is 53.6 Å². The number of nitrogens with zero attached hydrogens (tertiary/aromatic N) is 2. The van der Waals surface area contributed by atoms with Gasteiger partial charge in [-0.3, -0.25) is 10.0 Å². The minimum Gasteiger partial charge on any atom is -0.270 e. The maximum absolute atomic E-state index is 9.80. The minimum absolute atomic E-state index is 0.493. The van der Waals surface area contributed by atoms with Crippen LogP contribution in [-0.2, 0) is 4.79 Å². The summed E-state index contributed by atoms with van der Waals surface area (Å²) in [5.41, 5.74) is 0. The van der Waals surface area contributed by atoms with E-state index in [2.05, 4.69) is 0 Å². The molecule has 1 fully saturated rings. The van der Waals surface area contributed by atoms with Crippen LogP contribution in [0.4, 0.5) is 0 Å². The van der Waals surface area contributed by atoms with Crippen LogP contribution >= 0.6 is 0 Å². The second-order valence-electron chi connectivity index (χ2n) is 2.04. The lowest BCUT2D eigenvalue weighted by atomic mass is 10.4. The van der Waals surface area contributed by atoms with E-state index in [9.17, 15) is 4.79 Å². The average molecular weight is 129 g/mol. The maximum Gasteiger partial charge on any atom is 0.354 e. The van der Waals surface area contributed by atoms with Crippen LogP contribution in [0.1, 0.15) is 12.8 Å². The summed E-state index contributed by atoms with van der Waals surface area (Å²) < 4.78 is 0. The fraction of sp³-hybridized carbons (Fsp3) is 0.800. The number of hydrazine groups is 1. The first-order valence-electron chi connectivity index (χ1n) is 2.96. The summed E-state index contributed by atoms with van der Waals surface area (Å²) in [5, 5.41) is 10.7. The van der Waals surface area contributed by atoms with Crippen molar-refractivity contribution in [2.45, 2.75) is 12.8 Å². The molecule has 1 amide bonds. The zero-order valence-corrected chi connectivity index (χ0v) is 5.08. The van der Waals surface area contributed by atoms with E-state index < -0.39 is 0 Å². The topological polar surface area (TPSA) is 43.8 Å². The third kappa shape index (κ3) is 1.40. The second kappa shape index (κ2) is 2.80. The lowest BCUT2D eigenvalue weighted by Gasteiger charge is -2.18. The number of hydrogen-bond donors (Lipinski definition) is 1. The standard InChI is InChI=1S/C5H9N2O2/c8-5-7(9)6-3-1-2-4-6/h9H,1-4H2. The van der Waals surface area contributed by atoms with E-state index in [0.717, 1.165) is 25.9 Å². The first-order valence-corrected chi connectivity index (χ1v) is 2.96. The average Bonchev–Trinajstić information content (AvgIpc) is 2.37. The zero-order chi connectivity index (χ0) is 6.69. The summed E-state index contributed by atoms with van der Waals surface area (Å²) in [6.07, 6.45) is 3.45. The second-order valence-corrected chi connectivity index (χ2v) is 2.04. The van der Waals surface area contributed by atoms with E-state index in [1.54, 1.807) is 5.01 Å². The molecule has 0 saturated carbocycles. The van der Waals surface area contributed by atoms with Gasteiger partial charge in [0.05, 0.1) is 0 Å². The Kier molecular flexibility index (Phi) is 2.02. The highest BCUT2D eigenvalue weighted by molar-refractivity contribution is 5.44. The number of rotatable bonds is 2. The van der Waals surface area contributed by atoms with E-state index in [1.165, 1.54) is 6.41 Å². The van der Waals surface area contributed by atoms with Gasteiger partial charge in [-0.05, 0) is 12.8 Å². The first kappa shape index (κ1) is 6.51. The highest BCUT2D eigenvalue weighted by atomic mass is 16.6. The van der Waals surface area contributed by atoms with Crippen LogP contribution < -0.4 is 0 Å². The lowest BCUT2D eigenvalue weighted by Crippen LogP contribution is -2.36. The Morgan fingerprint density at radius 3 is 2.44 bits per heavy atom. The van der Waals surface area contributed by atoms with Crippen LogP contribution in [0.25, 0.3) is 0 Å². The largest absolute Gasteiger partial charge is 0.354 e. The summed E-state index contributed by atoms with van der Waals surface area (Å²) in [5.74, 6) is 0. The molecule has 1 heterocycles. The zero-order valence-electron chi connectivity index (χ0n) is 5.08. The Morgan fingerprint density at radius 1 is 1.44 bits per heavy atom. The van der Waals surface area contributed by atoms with Gasteiger partial charge in [-0.15, -0.1) is 5.17 Å². The van der Waals surface area contributed by atoms with Gasteiger partial charge in [0.1, 0.15) is 0 Å². The molecule has 0 spiro atoms. The van der Waals surface area contributed by atoms with Crippen LogP contribution in [0, 0.1) is 0 Å². The highest BCUT2D eigenvalue weighted by Gasteiger charge is 2.16. The van der Waals surface area contributed by atoms with Crippen molar-refractivity contribution in [3.63, 3.8) is 0 Å². The smallest absolute Gasteiger partial charge is 0.270 e. The third-order valence-corrected chi connectivity index (χ3v) is 1.43. The summed E-state index contributed by atoms with van der Waals surface area (Å²) in [4.78, 5) is 9.80. The number of amides is 1. The molecule has 0 aromatic carbocycles. The van der Waals surface area contributed by atoms with Gasteiger partial charge in [0.2, 0.25) is 0 Å². The van der Waals surface area contributed by atoms with Gasteiger partial charge in [-0.2, -0.15) is 5.01 Å². The molecule has 0 unspecified atom stereocenters. The summed E-state index contributed by atoms with van der Waals surface area (Å²) in [7, 11) is 0. The van der Waals surface area contributed by atoms with E-state index in [1.807, 2.05) is 0 Å². The Hall–Kier alpha value is -0.610. The van der Waals surface area contributed by atoms with Gasteiger partial charge < -0.3 is 0 Å². The predicted molar refractivity (Wildman–Crippen MR) is 30.1 cm³/mol. The molecule has 4 heteroatoms. The molecule has 4 nitrogen and oxygen atoms in total. The lowest BCUT2D eigenvalue weighted by molar-refractivity contribution is -0.173. The van der Waals surface area contributed by atoms with E-state index >= 15 is 0 Å². The predicted octanol–water partition coefficient (Wildman–Crippen LogP) is -0.244. The molecule has 51 valence electrons. The van der Waals surface area contributed by atoms with Crippen molar-refractivity contribution in [3.8, 4) is 0 Å². The van der Waals surface area contributed by atoms with Crippen molar-refractivity contribution >= 4 is 6.41 Å². The van der Waals surface area contributed by atoms with E-state index in [0.29, 0.717) is 5.17 Å². The van der Waals surface area contributed by atoms with Crippen LogP contribution in [0.15, 0.2) is 0 Å². The number of carbonyl (C=O) groups excluding carboxylic acids is 1. The molecule has 0 aliphatic carbocycles. The molecule has 1 rings (SSSR count). The van der Waals surface area contributed by atoms with Crippen molar-refractivity contribution in [2.24, 2.45) is 0 Å². The molecule has 1 aliphatic heterocycles. The Bertz CT molecular complexity index is 101. The van der Waals surface area contributed by atoms with Crippen LogP contribution in [0.3, 0.4) is 0 Å². The molecule has 0 aromatic heterocycles. The quantitative estimate of drug-likeness (QED) is 0.318. The van der Waals surface area contributed by atoms with E-state index in [4.69, 9.17) is 5.21 Å². The van der Waals surface area contributed by atoms with Gasteiger partial charge in [-0.25, -0.2) is 0 Å². The molecule has 1 aliphatic rings. The van der Waals surface area contributed by atoms with Gasteiger partial charge in [0, 0.05) is 13.1 Å². The SMILES string of the molecule is O=[C]N(O)N1CCCC1. The van der Waals surface area contributed by atoms with Gasteiger partial charge >= 0.3 is 6.41 Å². The Morgan fingerprint density at radius 2 is 2.00 bits per heavy atom. The molecule has 0 aromatic rings. The number of hydroxylamine groups is 1. The van der Waals surface area contributed by atoms with Crippen LogP contribution in [0.2, 0.25) is 0 Å². The fourth-order valence-electron chi connectivity index (χ4n) is 0.948. The first-order chi connectivity index (χ1) is 4.34. The molecule has 0 bridgehead atoms. The molecular formula is C5H9N2O2. The minimum atomic E-state index is 0.493. The van der Waals surface area contributed by atoms with E-state index in [-0.39, 0.29) is 0 Å². The molecular weight excluding hydrogens is 120 g/mol. The fourth-order valence-corrected chi connectivity index (χ4v) is 0.948. The number of hydrogen-bond acceptors (Lipinski definition) is 3. The van der Waals surface area contributed by atoms with Crippen LogP contribution in [0.5, 0.6) is 0 Å². The van der Waals surface area contributed by atoms with Crippen molar-refractivity contribution < 1.29 is 10.0 Å². The Balaban J connectivity index is 2.32. The van der Waals surface area contributed by atoms with Crippen molar-refractivity contribution in [1.82, 2.24) is 10.2 Å². The third-order valence-electron chi connectivity index (χ3n) is 1.43. The molecule has 1 saturated heterocycles. The highest BCUT2D eigenvalue weighted by Crippen LogP contribution is 2.07. The maximum atomic E-state index is 9.80. The van der Waals surface area contributed by atoms with Gasteiger partial charge in [0.15, 0.2) is 0 Å². The molecule has 9 heavy (non-hydrogen) atoms. The van der Waals surface area contributed by atoms with Crippen molar-refractivity contribution in [3.05, 3.63) is 0 Å². The van der Waals surface area contributed by atoms with Gasteiger partial charge in [0.25, 0.3) is 0 Å². The summed E-state index contributed by atoms with van der Waals surface area (Å²) >= 11 is 0. The summed E-state index contributed by atoms with van der Waals surface area (Å²) in [6, 6.07) is 0.